The van der Waals surface area contributed by atoms with Crippen LogP contribution in [0.3, 0.4) is 0 Å². The number of carbonyl (C=O) groups is 1. The number of nitrogens with one attached hydrogen (secondary N) is 1. The lowest BCUT2D eigenvalue weighted by atomic mass is 9.78. The lowest BCUT2D eigenvalue weighted by Gasteiger charge is -2.35. The Labute approximate surface area is 182 Å². The molecule has 164 valence electrons. The van der Waals surface area contributed by atoms with E-state index in [1.807, 2.05) is 24.4 Å². The normalized spacial score (nSPS) is 26.2. The van der Waals surface area contributed by atoms with Crippen molar-refractivity contribution in [3.05, 3.63) is 42.7 Å². The second kappa shape index (κ2) is 8.70. The Morgan fingerprint density at radius 3 is 2.65 bits per heavy atom. The Morgan fingerprint density at radius 2 is 1.94 bits per heavy atom. The maximum Gasteiger partial charge on any atom is 0.416 e. The molecule has 1 amide bonds. The van der Waals surface area contributed by atoms with Gasteiger partial charge in [0.05, 0.1) is 31.6 Å². The second-order valence-electron chi connectivity index (χ2n) is 8.65. The zero-order valence-corrected chi connectivity index (χ0v) is 17.7. The molecule has 1 saturated carbocycles. The molecule has 2 aromatic heterocycles. The van der Waals surface area contributed by atoms with Gasteiger partial charge in [-0.1, -0.05) is 6.07 Å². The van der Waals surface area contributed by atoms with Crippen LogP contribution in [-0.2, 0) is 9.47 Å². The Balaban J connectivity index is 1.11. The van der Waals surface area contributed by atoms with E-state index >= 15 is 0 Å². The summed E-state index contributed by atoms with van der Waals surface area (Å²) in [6.45, 7) is 4.86. The molecule has 31 heavy (non-hydrogen) atoms. The van der Waals surface area contributed by atoms with Gasteiger partial charge in [-0.05, 0) is 55.9 Å². The van der Waals surface area contributed by atoms with Gasteiger partial charge >= 0.3 is 6.09 Å². The van der Waals surface area contributed by atoms with Gasteiger partial charge in [0, 0.05) is 25.8 Å². The average molecular weight is 424 g/mol. The lowest BCUT2D eigenvalue weighted by Crippen LogP contribution is -2.39. The molecule has 1 N–H and O–H groups in total. The fraction of sp³-hybridized carbons (Fsp3) is 0.522. The van der Waals surface area contributed by atoms with Crippen molar-refractivity contribution in [1.29, 1.82) is 0 Å². The van der Waals surface area contributed by atoms with Gasteiger partial charge in [0.1, 0.15) is 17.2 Å². The van der Waals surface area contributed by atoms with Crippen LogP contribution >= 0.6 is 0 Å². The number of ether oxygens (including phenoxy) is 2. The highest BCUT2D eigenvalue weighted by Crippen LogP contribution is 2.40. The van der Waals surface area contributed by atoms with E-state index < -0.39 is 0 Å². The van der Waals surface area contributed by atoms with Crippen molar-refractivity contribution in [2.45, 2.75) is 31.3 Å². The van der Waals surface area contributed by atoms with Gasteiger partial charge in [-0.25, -0.2) is 14.8 Å². The Kier molecular flexibility index (Phi) is 5.63. The van der Waals surface area contributed by atoms with Crippen molar-refractivity contribution >= 4 is 23.4 Å². The van der Waals surface area contributed by atoms with Gasteiger partial charge in [0.25, 0.3) is 0 Å². The van der Waals surface area contributed by atoms with Gasteiger partial charge in [-0.2, -0.15) is 0 Å². The highest BCUT2D eigenvalue weighted by molar-refractivity contribution is 5.89. The van der Waals surface area contributed by atoms with Crippen molar-refractivity contribution in [3.63, 3.8) is 0 Å². The van der Waals surface area contributed by atoms with Crippen LogP contribution in [0, 0.1) is 5.92 Å². The average Bonchev–Trinajstić information content (AvgIpc) is 3.16. The molecule has 2 aromatic rings. The third kappa shape index (κ3) is 4.44. The molecule has 2 saturated heterocycles. The number of aromatic nitrogens is 2. The molecule has 0 aromatic carbocycles. The molecule has 5 rings (SSSR count). The number of morpholine rings is 1. The van der Waals surface area contributed by atoms with E-state index in [9.17, 15) is 4.79 Å². The minimum absolute atomic E-state index is 0.278. The van der Waals surface area contributed by atoms with Gasteiger partial charge in [-0.15, -0.1) is 0 Å². The Bertz CT molecular complexity index is 878. The molecule has 0 bridgehead atoms. The van der Waals surface area contributed by atoms with Gasteiger partial charge in [0.15, 0.2) is 0 Å². The summed E-state index contributed by atoms with van der Waals surface area (Å²) < 4.78 is 11.3. The highest BCUT2D eigenvalue weighted by atomic mass is 16.6. The van der Waals surface area contributed by atoms with Crippen molar-refractivity contribution in [1.82, 2.24) is 9.97 Å². The third-order valence-corrected chi connectivity index (χ3v) is 6.61. The van der Waals surface area contributed by atoms with E-state index in [4.69, 9.17) is 9.47 Å². The molecular weight excluding hydrogens is 394 g/mol. The van der Waals surface area contributed by atoms with Gasteiger partial charge in [-0.3, -0.25) is 4.90 Å². The van der Waals surface area contributed by atoms with Crippen LogP contribution in [0.5, 0.6) is 0 Å². The van der Waals surface area contributed by atoms with Crippen LogP contribution in [0.2, 0.25) is 0 Å². The van der Waals surface area contributed by atoms with Gasteiger partial charge in [0.2, 0.25) is 0 Å². The molecule has 0 atom stereocenters. The van der Waals surface area contributed by atoms with Crippen LogP contribution in [0.4, 0.5) is 22.1 Å². The quantitative estimate of drug-likeness (QED) is 0.790. The predicted molar refractivity (Wildman–Crippen MR) is 119 cm³/mol. The third-order valence-electron chi connectivity index (χ3n) is 6.61. The summed E-state index contributed by atoms with van der Waals surface area (Å²) in [6, 6.07) is 9.78. The molecule has 0 radical (unpaired) electrons. The summed E-state index contributed by atoms with van der Waals surface area (Å²) in [6.07, 6.45) is 7.20. The van der Waals surface area contributed by atoms with E-state index in [-0.39, 0.29) is 11.7 Å². The first-order valence-corrected chi connectivity index (χ1v) is 11.1. The largest absolute Gasteiger partial charge is 0.441 e. The molecule has 3 aliphatic rings. The number of pyridine rings is 2. The van der Waals surface area contributed by atoms with E-state index in [2.05, 4.69) is 32.3 Å². The summed E-state index contributed by atoms with van der Waals surface area (Å²) in [5.41, 5.74) is 0.775. The Hall–Kier alpha value is -2.87. The first kappa shape index (κ1) is 20.1. The number of rotatable bonds is 5. The zero-order valence-electron chi connectivity index (χ0n) is 17.7. The second-order valence-corrected chi connectivity index (χ2v) is 8.65. The molecule has 1 aliphatic carbocycles. The fourth-order valence-corrected chi connectivity index (χ4v) is 4.73. The van der Waals surface area contributed by atoms with Crippen LogP contribution in [0.1, 0.15) is 25.7 Å². The SMILES string of the molecule is O=C1O[C@]2(CC[C@H](CNc3ccc(N4CCOCC4)cn3)CC2)CN1c1ccccn1. The number of hydrogen-bond acceptors (Lipinski definition) is 7. The van der Waals surface area contributed by atoms with Crippen LogP contribution < -0.4 is 15.1 Å². The minimum atomic E-state index is -0.372. The van der Waals surface area contributed by atoms with E-state index in [1.165, 1.54) is 0 Å². The summed E-state index contributed by atoms with van der Waals surface area (Å²) in [7, 11) is 0. The number of anilines is 3. The summed E-state index contributed by atoms with van der Waals surface area (Å²) in [5.74, 6) is 2.12. The van der Waals surface area contributed by atoms with Crippen molar-refractivity contribution in [3.8, 4) is 0 Å². The van der Waals surface area contributed by atoms with Crippen LogP contribution in [0.15, 0.2) is 42.7 Å². The molecule has 8 heteroatoms. The smallest absolute Gasteiger partial charge is 0.416 e. The fourth-order valence-electron chi connectivity index (χ4n) is 4.73. The van der Waals surface area contributed by atoms with E-state index in [0.717, 1.165) is 70.0 Å². The zero-order chi connectivity index (χ0) is 21.1. The summed E-state index contributed by atoms with van der Waals surface area (Å²) in [5, 5.41) is 3.48. The molecular formula is C23H29N5O3. The summed E-state index contributed by atoms with van der Waals surface area (Å²) >= 11 is 0. The summed E-state index contributed by atoms with van der Waals surface area (Å²) in [4.78, 5) is 25.3. The van der Waals surface area contributed by atoms with Crippen LogP contribution in [0.25, 0.3) is 0 Å². The monoisotopic (exact) mass is 423 g/mol. The molecule has 4 heterocycles. The van der Waals surface area contributed by atoms with Crippen molar-refractivity contribution < 1.29 is 14.3 Å². The maximum absolute atomic E-state index is 12.4. The predicted octanol–water partition coefficient (Wildman–Crippen LogP) is 3.31. The van der Waals surface area contributed by atoms with E-state index in [1.54, 1.807) is 11.1 Å². The Morgan fingerprint density at radius 1 is 1.10 bits per heavy atom. The van der Waals surface area contributed by atoms with Crippen molar-refractivity contribution in [2.75, 3.05) is 54.5 Å². The number of amides is 1. The minimum Gasteiger partial charge on any atom is -0.441 e. The first-order valence-electron chi connectivity index (χ1n) is 11.1. The highest BCUT2D eigenvalue weighted by Gasteiger charge is 2.47. The molecule has 8 nitrogen and oxygen atoms in total. The van der Waals surface area contributed by atoms with Crippen LogP contribution in [-0.4, -0.2) is 61.1 Å². The van der Waals surface area contributed by atoms with Gasteiger partial charge < -0.3 is 19.7 Å². The maximum atomic E-state index is 12.4. The van der Waals surface area contributed by atoms with E-state index in [0.29, 0.717) is 18.3 Å². The lowest BCUT2D eigenvalue weighted by molar-refractivity contribution is 0.0148. The topological polar surface area (TPSA) is 79.8 Å². The first-order chi connectivity index (χ1) is 15.2. The number of nitrogens with zero attached hydrogens (tertiary/aromatic N) is 4. The molecule has 2 aliphatic heterocycles. The number of carbonyl (C=O) groups excluding carboxylic acids is 1. The number of hydrogen-bond donors (Lipinski definition) is 1. The molecule has 3 fully saturated rings. The standard InChI is InChI=1S/C23H29N5O3/c29-22-28(21-3-1-2-10-24-21)17-23(31-22)8-6-18(7-9-23)15-25-20-5-4-19(16-26-20)27-11-13-30-14-12-27/h1-5,10,16,18H,6-9,11-15,17H2,(H,25,26)/t18-,23-. The molecule has 0 unspecified atom stereocenters. The van der Waals surface area contributed by atoms with Crippen molar-refractivity contribution in [2.24, 2.45) is 5.92 Å². The molecule has 1 spiro atoms.